The zero-order valence-corrected chi connectivity index (χ0v) is 14.0. The molecule has 0 atom stereocenters. The first kappa shape index (κ1) is 16.1. The summed E-state index contributed by atoms with van der Waals surface area (Å²) in [6, 6.07) is 13.7. The zero-order chi connectivity index (χ0) is 17.2. The van der Waals surface area contributed by atoms with Crippen molar-refractivity contribution in [2.75, 3.05) is 11.8 Å². The van der Waals surface area contributed by atoms with Crippen LogP contribution in [0.1, 0.15) is 5.56 Å². The SMILES string of the molecule is COc1ccc(S(=O)(=O)Nc2oncc2-c2ccc(C)cc2)cc1. The number of nitrogens with one attached hydrogen (secondary N) is 1. The number of aryl methyl sites for hydroxylation is 1. The molecule has 0 radical (unpaired) electrons. The predicted octanol–water partition coefficient (Wildman–Crippen LogP) is 3.46. The molecule has 3 aromatic rings. The number of ether oxygens (including phenoxy) is 1. The Morgan fingerprint density at radius 1 is 1.04 bits per heavy atom. The van der Waals surface area contributed by atoms with E-state index in [2.05, 4.69) is 9.88 Å². The summed E-state index contributed by atoms with van der Waals surface area (Å²) < 4.78 is 37.5. The van der Waals surface area contributed by atoms with Gasteiger partial charge in [-0.05, 0) is 36.8 Å². The monoisotopic (exact) mass is 344 g/mol. The van der Waals surface area contributed by atoms with Gasteiger partial charge >= 0.3 is 0 Å². The second-order valence-corrected chi connectivity index (χ2v) is 6.90. The molecule has 1 heterocycles. The Morgan fingerprint density at radius 3 is 2.33 bits per heavy atom. The molecule has 0 aliphatic carbocycles. The van der Waals surface area contributed by atoms with E-state index in [9.17, 15) is 8.42 Å². The third-order valence-electron chi connectivity index (χ3n) is 3.53. The van der Waals surface area contributed by atoms with Crippen molar-refractivity contribution >= 4 is 15.9 Å². The average Bonchev–Trinajstić information content (AvgIpc) is 3.03. The maximum Gasteiger partial charge on any atom is 0.264 e. The molecule has 24 heavy (non-hydrogen) atoms. The molecule has 1 N–H and O–H groups in total. The van der Waals surface area contributed by atoms with Crippen LogP contribution >= 0.6 is 0 Å². The van der Waals surface area contributed by atoms with Crippen LogP contribution in [0.5, 0.6) is 5.75 Å². The standard InChI is InChI=1S/C17H16N2O4S/c1-12-3-5-13(6-4-12)16-11-18-23-17(16)19-24(20,21)15-9-7-14(22-2)8-10-15/h3-11,19H,1-2H3. The van der Waals surface area contributed by atoms with E-state index in [1.54, 1.807) is 12.1 Å². The van der Waals surface area contributed by atoms with Crippen molar-refractivity contribution in [1.82, 2.24) is 5.16 Å². The number of aromatic nitrogens is 1. The molecule has 3 rings (SSSR count). The lowest BCUT2D eigenvalue weighted by molar-refractivity contribution is 0.414. The molecule has 6 nitrogen and oxygen atoms in total. The van der Waals surface area contributed by atoms with E-state index in [-0.39, 0.29) is 10.8 Å². The maximum absolute atomic E-state index is 12.5. The van der Waals surface area contributed by atoms with Crippen molar-refractivity contribution in [2.45, 2.75) is 11.8 Å². The van der Waals surface area contributed by atoms with Crippen LogP contribution < -0.4 is 9.46 Å². The summed E-state index contributed by atoms with van der Waals surface area (Å²) in [5, 5.41) is 3.70. The smallest absolute Gasteiger partial charge is 0.264 e. The van der Waals surface area contributed by atoms with Crippen molar-refractivity contribution in [1.29, 1.82) is 0 Å². The van der Waals surface area contributed by atoms with Gasteiger partial charge in [-0.15, -0.1) is 0 Å². The molecular weight excluding hydrogens is 328 g/mol. The number of hydrogen-bond acceptors (Lipinski definition) is 5. The van der Waals surface area contributed by atoms with Crippen molar-refractivity contribution in [3.8, 4) is 16.9 Å². The highest BCUT2D eigenvalue weighted by Crippen LogP contribution is 2.30. The van der Waals surface area contributed by atoms with Gasteiger partial charge in [-0.1, -0.05) is 35.0 Å². The van der Waals surface area contributed by atoms with Gasteiger partial charge in [-0.2, -0.15) is 0 Å². The Balaban J connectivity index is 1.90. The predicted molar refractivity (Wildman–Crippen MR) is 90.5 cm³/mol. The molecule has 1 aromatic heterocycles. The molecule has 7 heteroatoms. The number of benzene rings is 2. The minimum atomic E-state index is -3.79. The van der Waals surface area contributed by atoms with Gasteiger partial charge in [0, 0.05) is 0 Å². The van der Waals surface area contributed by atoms with E-state index in [1.165, 1.54) is 25.4 Å². The van der Waals surface area contributed by atoms with E-state index >= 15 is 0 Å². The Hall–Kier alpha value is -2.80. The van der Waals surface area contributed by atoms with E-state index in [4.69, 9.17) is 9.26 Å². The van der Waals surface area contributed by atoms with E-state index in [0.29, 0.717) is 11.3 Å². The largest absolute Gasteiger partial charge is 0.497 e. The molecule has 0 fully saturated rings. The van der Waals surface area contributed by atoms with Gasteiger partial charge in [0.1, 0.15) is 5.75 Å². The molecule has 124 valence electrons. The van der Waals surface area contributed by atoms with Crippen LogP contribution in [0.2, 0.25) is 0 Å². The van der Waals surface area contributed by atoms with Gasteiger partial charge < -0.3 is 9.26 Å². The summed E-state index contributed by atoms with van der Waals surface area (Å²) in [5.74, 6) is 0.656. The first-order valence-corrected chi connectivity index (χ1v) is 8.66. The lowest BCUT2D eigenvalue weighted by atomic mass is 10.1. The van der Waals surface area contributed by atoms with Crippen LogP contribution in [0.15, 0.2) is 64.1 Å². The fourth-order valence-corrected chi connectivity index (χ4v) is 3.19. The van der Waals surface area contributed by atoms with Gasteiger partial charge in [0.25, 0.3) is 10.0 Å². The van der Waals surface area contributed by atoms with Crippen molar-refractivity contribution in [3.05, 3.63) is 60.3 Å². The Morgan fingerprint density at radius 2 is 1.71 bits per heavy atom. The Kier molecular flexibility index (Phi) is 4.26. The first-order chi connectivity index (χ1) is 11.5. The summed E-state index contributed by atoms with van der Waals surface area (Å²) in [5.41, 5.74) is 2.50. The van der Waals surface area contributed by atoms with E-state index in [0.717, 1.165) is 11.1 Å². The van der Waals surface area contributed by atoms with Crippen LogP contribution in [-0.4, -0.2) is 20.7 Å². The number of hydrogen-bond donors (Lipinski definition) is 1. The van der Waals surface area contributed by atoms with Gasteiger partial charge in [0.05, 0.1) is 23.8 Å². The van der Waals surface area contributed by atoms with E-state index in [1.807, 2.05) is 31.2 Å². The first-order valence-electron chi connectivity index (χ1n) is 7.18. The minimum Gasteiger partial charge on any atom is -0.497 e. The molecule has 0 spiro atoms. The topological polar surface area (TPSA) is 81.4 Å². The van der Waals surface area contributed by atoms with Crippen molar-refractivity contribution in [3.63, 3.8) is 0 Å². The Bertz CT molecular complexity index is 929. The molecule has 2 aromatic carbocycles. The second kappa shape index (κ2) is 6.37. The quantitative estimate of drug-likeness (QED) is 0.766. The van der Waals surface area contributed by atoms with Gasteiger partial charge in [-0.25, -0.2) is 13.1 Å². The van der Waals surface area contributed by atoms with Gasteiger partial charge in [0.15, 0.2) is 0 Å². The van der Waals surface area contributed by atoms with Gasteiger partial charge in [0.2, 0.25) is 5.88 Å². The Labute approximate surface area is 140 Å². The van der Waals surface area contributed by atoms with Crippen molar-refractivity contribution in [2.24, 2.45) is 0 Å². The molecule has 0 unspecified atom stereocenters. The van der Waals surface area contributed by atoms with Crippen LogP contribution in [0.4, 0.5) is 5.88 Å². The minimum absolute atomic E-state index is 0.0784. The molecule has 0 amide bonds. The molecular formula is C17H16N2O4S. The summed E-state index contributed by atoms with van der Waals surface area (Å²) in [7, 11) is -2.27. The number of rotatable bonds is 5. The van der Waals surface area contributed by atoms with E-state index < -0.39 is 10.0 Å². The van der Waals surface area contributed by atoms with Crippen LogP contribution in [0, 0.1) is 6.92 Å². The fraction of sp³-hybridized carbons (Fsp3) is 0.118. The molecule has 0 bridgehead atoms. The lowest BCUT2D eigenvalue weighted by Crippen LogP contribution is -2.12. The fourth-order valence-electron chi connectivity index (χ4n) is 2.19. The highest BCUT2D eigenvalue weighted by atomic mass is 32.2. The number of nitrogens with zero attached hydrogens (tertiary/aromatic N) is 1. The van der Waals surface area contributed by atoms with Crippen molar-refractivity contribution < 1.29 is 17.7 Å². The third kappa shape index (κ3) is 3.26. The number of methoxy groups -OCH3 is 1. The zero-order valence-electron chi connectivity index (χ0n) is 13.2. The highest BCUT2D eigenvalue weighted by molar-refractivity contribution is 7.92. The maximum atomic E-state index is 12.5. The lowest BCUT2D eigenvalue weighted by Gasteiger charge is -2.08. The normalized spacial score (nSPS) is 11.2. The molecule has 0 saturated carbocycles. The summed E-state index contributed by atoms with van der Waals surface area (Å²) in [6.45, 7) is 1.98. The highest BCUT2D eigenvalue weighted by Gasteiger charge is 2.20. The van der Waals surface area contributed by atoms with Gasteiger partial charge in [-0.3, -0.25) is 0 Å². The molecule has 0 saturated heterocycles. The average molecular weight is 344 g/mol. The summed E-state index contributed by atoms with van der Waals surface area (Å²) in [4.78, 5) is 0.106. The van der Waals surface area contributed by atoms with Crippen LogP contribution in [0.25, 0.3) is 11.1 Å². The van der Waals surface area contributed by atoms with Crippen LogP contribution in [-0.2, 0) is 10.0 Å². The summed E-state index contributed by atoms with van der Waals surface area (Å²) in [6.07, 6.45) is 1.48. The summed E-state index contributed by atoms with van der Waals surface area (Å²) >= 11 is 0. The number of sulfonamides is 1. The van der Waals surface area contributed by atoms with Crippen LogP contribution in [0.3, 0.4) is 0 Å². The third-order valence-corrected chi connectivity index (χ3v) is 4.88. The molecule has 0 aliphatic heterocycles. The number of anilines is 1. The second-order valence-electron chi connectivity index (χ2n) is 5.22. The molecule has 0 aliphatic rings.